The molecule has 0 radical (unpaired) electrons. The highest BCUT2D eigenvalue weighted by Crippen LogP contribution is 2.25. The van der Waals surface area contributed by atoms with E-state index in [-0.39, 0.29) is 12.0 Å². The number of benzene rings is 1. The van der Waals surface area contributed by atoms with Crippen molar-refractivity contribution < 1.29 is 9.47 Å². The molecule has 0 bridgehead atoms. The third-order valence-electron chi connectivity index (χ3n) is 3.07. The lowest BCUT2D eigenvalue weighted by molar-refractivity contribution is 0.359. The molecule has 0 spiro atoms. The van der Waals surface area contributed by atoms with Crippen LogP contribution in [0.5, 0.6) is 17.8 Å². The third kappa shape index (κ3) is 3.81. The largest absolute Gasteiger partial charge is 0.467 e. The van der Waals surface area contributed by atoms with Crippen molar-refractivity contribution in [1.29, 1.82) is 0 Å². The Balaban J connectivity index is 2.28. The van der Waals surface area contributed by atoms with Gasteiger partial charge in [-0.1, -0.05) is 19.1 Å². The van der Waals surface area contributed by atoms with Crippen molar-refractivity contribution in [3.63, 3.8) is 0 Å². The second-order valence-electron chi connectivity index (χ2n) is 4.66. The van der Waals surface area contributed by atoms with Gasteiger partial charge in [-0.15, -0.1) is 4.98 Å². The molecule has 6 heteroatoms. The highest BCUT2D eigenvalue weighted by atomic mass is 16.5. The van der Waals surface area contributed by atoms with Crippen LogP contribution in [-0.2, 0) is 0 Å². The summed E-state index contributed by atoms with van der Waals surface area (Å²) in [5, 5.41) is 3.10. The molecule has 1 aromatic carbocycles. The number of rotatable bonds is 6. The van der Waals surface area contributed by atoms with Gasteiger partial charge in [0.15, 0.2) is 0 Å². The van der Waals surface area contributed by atoms with E-state index in [1.165, 1.54) is 7.11 Å². The summed E-state index contributed by atoms with van der Waals surface area (Å²) in [5.41, 5.74) is 2.21. The van der Waals surface area contributed by atoms with Crippen LogP contribution in [0.1, 0.15) is 24.5 Å². The molecule has 0 saturated carbocycles. The number of hydrogen-bond acceptors (Lipinski definition) is 6. The Kier molecular flexibility index (Phi) is 4.92. The predicted octanol–water partition coefficient (Wildman–Crippen LogP) is 3.11. The van der Waals surface area contributed by atoms with Gasteiger partial charge in [0.1, 0.15) is 5.75 Å². The van der Waals surface area contributed by atoms with E-state index in [1.807, 2.05) is 32.0 Å². The zero-order valence-corrected chi connectivity index (χ0v) is 12.8. The van der Waals surface area contributed by atoms with Gasteiger partial charge >= 0.3 is 12.0 Å². The molecule has 0 saturated heterocycles. The van der Waals surface area contributed by atoms with Crippen molar-refractivity contribution in [2.24, 2.45) is 0 Å². The van der Waals surface area contributed by atoms with Crippen LogP contribution in [0.25, 0.3) is 0 Å². The summed E-state index contributed by atoms with van der Waals surface area (Å²) in [6, 6.07) is 6.30. The summed E-state index contributed by atoms with van der Waals surface area (Å²) < 4.78 is 10.9. The highest BCUT2D eigenvalue weighted by molar-refractivity contribution is 5.40. The number of methoxy groups -OCH3 is 1. The number of anilines is 1. The molecule has 1 N–H and O–H groups in total. The Morgan fingerprint density at radius 2 is 1.86 bits per heavy atom. The Hall–Kier alpha value is -2.37. The minimum atomic E-state index is 0.217. The van der Waals surface area contributed by atoms with Crippen LogP contribution < -0.4 is 14.8 Å². The van der Waals surface area contributed by atoms with Crippen molar-refractivity contribution in [3.8, 4) is 17.8 Å². The van der Waals surface area contributed by atoms with E-state index in [2.05, 4.69) is 27.2 Å². The number of hydrogen-bond donors (Lipinski definition) is 1. The molecule has 0 unspecified atom stereocenters. The van der Waals surface area contributed by atoms with Crippen molar-refractivity contribution >= 4 is 5.95 Å². The van der Waals surface area contributed by atoms with Crippen LogP contribution in [-0.4, -0.2) is 28.6 Å². The molecular formula is C15H20N4O2. The van der Waals surface area contributed by atoms with E-state index in [0.717, 1.165) is 29.8 Å². The second kappa shape index (κ2) is 6.88. The highest BCUT2D eigenvalue weighted by Gasteiger charge is 2.10. The molecule has 0 fully saturated rings. The van der Waals surface area contributed by atoms with Crippen molar-refractivity contribution in [2.75, 3.05) is 19.0 Å². The maximum absolute atomic E-state index is 5.77. The third-order valence-corrected chi connectivity index (χ3v) is 3.07. The molecule has 2 aromatic rings. The van der Waals surface area contributed by atoms with Crippen molar-refractivity contribution in [3.05, 3.63) is 29.3 Å². The van der Waals surface area contributed by atoms with Gasteiger partial charge in [0.25, 0.3) is 0 Å². The predicted molar refractivity (Wildman–Crippen MR) is 81.1 cm³/mol. The van der Waals surface area contributed by atoms with Gasteiger partial charge in [-0.05, 0) is 37.5 Å². The fraction of sp³-hybridized carbons (Fsp3) is 0.400. The summed E-state index contributed by atoms with van der Waals surface area (Å²) in [6.45, 7) is 6.87. The SMILES string of the molecule is CCCNc1nc(OC)nc(Oc2cccc(C)c2C)n1. The quantitative estimate of drug-likeness (QED) is 0.880. The van der Waals surface area contributed by atoms with Gasteiger partial charge in [0.05, 0.1) is 7.11 Å². The molecule has 1 heterocycles. The molecule has 0 aliphatic heterocycles. The van der Waals surface area contributed by atoms with E-state index >= 15 is 0 Å². The van der Waals surface area contributed by atoms with Crippen LogP contribution in [0, 0.1) is 13.8 Å². The molecule has 112 valence electrons. The Bertz CT molecular complexity index is 617. The summed E-state index contributed by atoms with van der Waals surface area (Å²) in [7, 11) is 1.51. The van der Waals surface area contributed by atoms with Gasteiger partial charge in [-0.3, -0.25) is 0 Å². The first-order valence-corrected chi connectivity index (χ1v) is 6.92. The normalized spacial score (nSPS) is 10.3. The van der Waals surface area contributed by atoms with Gasteiger partial charge in [0, 0.05) is 6.54 Å². The lowest BCUT2D eigenvalue weighted by atomic mass is 10.1. The van der Waals surface area contributed by atoms with Crippen LogP contribution in [0.2, 0.25) is 0 Å². The molecule has 2 rings (SSSR count). The molecule has 6 nitrogen and oxygen atoms in total. The molecule has 0 aliphatic carbocycles. The van der Waals surface area contributed by atoms with Crippen LogP contribution in [0.4, 0.5) is 5.95 Å². The molecular weight excluding hydrogens is 268 g/mol. The number of ether oxygens (including phenoxy) is 2. The minimum Gasteiger partial charge on any atom is -0.467 e. The zero-order valence-electron chi connectivity index (χ0n) is 12.8. The van der Waals surface area contributed by atoms with Gasteiger partial charge in [-0.2, -0.15) is 9.97 Å². The number of aromatic nitrogens is 3. The smallest absolute Gasteiger partial charge is 0.330 e. The van der Waals surface area contributed by atoms with Gasteiger partial charge in [-0.25, -0.2) is 0 Å². The van der Waals surface area contributed by atoms with E-state index in [9.17, 15) is 0 Å². The van der Waals surface area contributed by atoms with Gasteiger partial charge in [0.2, 0.25) is 5.95 Å². The summed E-state index contributed by atoms with van der Waals surface area (Å²) in [6.07, 6.45) is 0.973. The monoisotopic (exact) mass is 288 g/mol. The molecule has 0 aliphatic rings. The average Bonchev–Trinajstić information content (AvgIpc) is 2.49. The Labute approximate surface area is 124 Å². The lowest BCUT2D eigenvalue weighted by Gasteiger charge is -2.10. The van der Waals surface area contributed by atoms with Crippen LogP contribution >= 0.6 is 0 Å². The summed E-state index contributed by atoms with van der Waals surface area (Å²) >= 11 is 0. The Morgan fingerprint density at radius 3 is 2.57 bits per heavy atom. The molecule has 21 heavy (non-hydrogen) atoms. The summed E-state index contributed by atoms with van der Waals surface area (Å²) in [5.74, 6) is 1.17. The number of nitrogens with one attached hydrogen (secondary N) is 1. The van der Waals surface area contributed by atoms with E-state index < -0.39 is 0 Å². The lowest BCUT2D eigenvalue weighted by Crippen LogP contribution is -2.07. The van der Waals surface area contributed by atoms with Crippen LogP contribution in [0.3, 0.4) is 0 Å². The van der Waals surface area contributed by atoms with Crippen molar-refractivity contribution in [2.45, 2.75) is 27.2 Å². The first-order chi connectivity index (χ1) is 10.1. The minimum absolute atomic E-state index is 0.217. The van der Waals surface area contributed by atoms with Crippen LogP contribution in [0.15, 0.2) is 18.2 Å². The fourth-order valence-corrected chi connectivity index (χ4v) is 1.72. The van der Waals surface area contributed by atoms with E-state index in [0.29, 0.717) is 5.95 Å². The standard InChI is InChI=1S/C15H20N4O2/c1-5-9-16-13-17-14(20-4)19-15(18-13)21-12-8-6-7-10(2)11(12)3/h6-8H,5,9H2,1-4H3,(H,16,17,18,19). The molecule has 1 aromatic heterocycles. The average molecular weight is 288 g/mol. The first-order valence-electron chi connectivity index (χ1n) is 6.92. The maximum Gasteiger partial charge on any atom is 0.330 e. The zero-order chi connectivity index (χ0) is 15.2. The Morgan fingerprint density at radius 1 is 1.10 bits per heavy atom. The fourth-order valence-electron chi connectivity index (χ4n) is 1.72. The van der Waals surface area contributed by atoms with Crippen molar-refractivity contribution in [1.82, 2.24) is 15.0 Å². The molecule has 0 atom stereocenters. The maximum atomic E-state index is 5.77. The number of nitrogens with zero attached hydrogens (tertiary/aromatic N) is 3. The second-order valence-corrected chi connectivity index (χ2v) is 4.66. The van der Waals surface area contributed by atoms with Gasteiger partial charge < -0.3 is 14.8 Å². The molecule has 0 amide bonds. The van der Waals surface area contributed by atoms with E-state index in [4.69, 9.17) is 9.47 Å². The first kappa shape index (κ1) is 15.0. The topological polar surface area (TPSA) is 69.2 Å². The van der Waals surface area contributed by atoms with E-state index in [1.54, 1.807) is 0 Å². The summed E-state index contributed by atoms with van der Waals surface area (Å²) in [4.78, 5) is 12.5. The number of aryl methyl sites for hydroxylation is 1.